The summed E-state index contributed by atoms with van der Waals surface area (Å²) in [4.78, 5) is 13.9. The summed E-state index contributed by atoms with van der Waals surface area (Å²) in [5.41, 5.74) is -0.187. The summed E-state index contributed by atoms with van der Waals surface area (Å²) in [6.07, 6.45) is 1.47. The molecule has 1 fully saturated rings. The van der Waals surface area contributed by atoms with Gasteiger partial charge in [0.05, 0.1) is 18.8 Å². The van der Waals surface area contributed by atoms with Gasteiger partial charge in [-0.25, -0.2) is 0 Å². The Kier molecular flexibility index (Phi) is 3.45. The fourth-order valence-electron chi connectivity index (χ4n) is 2.37. The van der Waals surface area contributed by atoms with Crippen molar-refractivity contribution in [1.29, 1.82) is 0 Å². The highest BCUT2D eigenvalue weighted by atomic mass is 16.3. The van der Waals surface area contributed by atoms with E-state index in [0.717, 1.165) is 6.42 Å². The summed E-state index contributed by atoms with van der Waals surface area (Å²) in [6, 6.07) is 8.97. The summed E-state index contributed by atoms with van der Waals surface area (Å²) < 4.78 is 0. The smallest absolute Gasteiger partial charge is 0.254 e. The van der Waals surface area contributed by atoms with E-state index in [9.17, 15) is 15.0 Å². The van der Waals surface area contributed by atoms with Crippen molar-refractivity contribution in [3.05, 3.63) is 35.9 Å². The van der Waals surface area contributed by atoms with E-state index in [1.54, 1.807) is 17.0 Å². The number of aliphatic hydroxyl groups excluding tert-OH is 2. The summed E-state index contributed by atoms with van der Waals surface area (Å²) in [5.74, 6) is -0.119. The Morgan fingerprint density at radius 1 is 1.24 bits per heavy atom. The van der Waals surface area contributed by atoms with E-state index in [1.807, 2.05) is 18.2 Å². The standard InChI is InChI=1S/C13H17NO3/c15-9-13(10-16)7-4-8-14(13)12(17)11-5-2-1-3-6-11/h1-3,5-6,15-16H,4,7-10H2. The molecule has 1 aromatic rings. The van der Waals surface area contributed by atoms with Crippen LogP contribution < -0.4 is 0 Å². The summed E-state index contributed by atoms with van der Waals surface area (Å²) in [7, 11) is 0. The lowest BCUT2D eigenvalue weighted by atomic mass is 9.98. The molecule has 0 spiro atoms. The quantitative estimate of drug-likeness (QED) is 0.808. The number of hydrogen-bond donors (Lipinski definition) is 2. The monoisotopic (exact) mass is 235 g/mol. The molecule has 0 aliphatic carbocycles. The van der Waals surface area contributed by atoms with Crippen molar-refractivity contribution in [3.8, 4) is 0 Å². The second-order valence-electron chi connectivity index (χ2n) is 4.47. The zero-order valence-electron chi connectivity index (χ0n) is 9.67. The Morgan fingerprint density at radius 3 is 2.47 bits per heavy atom. The van der Waals surface area contributed by atoms with Crippen LogP contribution in [-0.4, -0.2) is 46.3 Å². The number of aliphatic hydroxyl groups is 2. The largest absolute Gasteiger partial charge is 0.394 e. The van der Waals surface area contributed by atoms with Crippen LogP contribution in [0.2, 0.25) is 0 Å². The predicted octanol–water partition coefficient (Wildman–Crippen LogP) is 0.646. The van der Waals surface area contributed by atoms with E-state index in [-0.39, 0.29) is 19.1 Å². The number of hydrogen-bond acceptors (Lipinski definition) is 3. The van der Waals surface area contributed by atoms with Gasteiger partial charge < -0.3 is 15.1 Å². The Labute approximate surface area is 100 Å². The summed E-state index contributed by atoms with van der Waals surface area (Å²) in [6.45, 7) is 0.207. The van der Waals surface area contributed by atoms with Crippen LogP contribution in [0.25, 0.3) is 0 Å². The van der Waals surface area contributed by atoms with Gasteiger partial charge in [0.1, 0.15) is 0 Å². The van der Waals surface area contributed by atoms with E-state index in [2.05, 4.69) is 0 Å². The zero-order chi connectivity index (χ0) is 12.3. The Hall–Kier alpha value is -1.39. The number of carbonyl (C=O) groups is 1. The van der Waals surface area contributed by atoms with Gasteiger partial charge in [-0.3, -0.25) is 4.79 Å². The number of rotatable bonds is 3. The SMILES string of the molecule is O=C(c1ccccc1)N1CCCC1(CO)CO. The maximum Gasteiger partial charge on any atom is 0.254 e. The van der Waals surface area contributed by atoms with Crippen molar-refractivity contribution in [2.24, 2.45) is 0 Å². The van der Waals surface area contributed by atoms with Crippen molar-refractivity contribution < 1.29 is 15.0 Å². The molecule has 1 aliphatic heterocycles. The number of likely N-dealkylation sites (tertiary alicyclic amines) is 1. The molecule has 0 radical (unpaired) electrons. The van der Waals surface area contributed by atoms with E-state index < -0.39 is 5.54 Å². The highest BCUT2D eigenvalue weighted by Crippen LogP contribution is 2.30. The van der Waals surface area contributed by atoms with Crippen LogP contribution in [0.4, 0.5) is 0 Å². The molecule has 1 saturated heterocycles. The molecule has 2 rings (SSSR count). The highest BCUT2D eigenvalue weighted by Gasteiger charge is 2.42. The number of carbonyl (C=O) groups excluding carboxylic acids is 1. The number of benzene rings is 1. The van der Waals surface area contributed by atoms with Gasteiger partial charge in [0, 0.05) is 12.1 Å². The van der Waals surface area contributed by atoms with Crippen molar-refractivity contribution in [2.45, 2.75) is 18.4 Å². The van der Waals surface area contributed by atoms with Gasteiger partial charge >= 0.3 is 0 Å². The number of amides is 1. The molecule has 0 aromatic heterocycles. The third-order valence-electron chi connectivity index (χ3n) is 3.45. The molecule has 0 unspecified atom stereocenters. The van der Waals surface area contributed by atoms with E-state index >= 15 is 0 Å². The Balaban J connectivity index is 2.25. The van der Waals surface area contributed by atoms with Crippen LogP contribution in [0.1, 0.15) is 23.2 Å². The first-order valence-electron chi connectivity index (χ1n) is 5.82. The molecule has 4 nitrogen and oxygen atoms in total. The van der Waals surface area contributed by atoms with Gasteiger partial charge in [-0.15, -0.1) is 0 Å². The van der Waals surface area contributed by atoms with Crippen LogP contribution in [-0.2, 0) is 0 Å². The molecule has 4 heteroatoms. The molecule has 1 amide bonds. The van der Waals surface area contributed by atoms with E-state index in [4.69, 9.17) is 0 Å². The molecule has 92 valence electrons. The Morgan fingerprint density at radius 2 is 1.88 bits per heavy atom. The zero-order valence-corrected chi connectivity index (χ0v) is 9.67. The summed E-state index contributed by atoms with van der Waals surface area (Å²) >= 11 is 0. The lowest BCUT2D eigenvalue weighted by Gasteiger charge is -2.35. The fourth-order valence-corrected chi connectivity index (χ4v) is 2.37. The van der Waals surface area contributed by atoms with Crippen molar-refractivity contribution >= 4 is 5.91 Å². The van der Waals surface area contributed by atoms with Gasteiger partial charge in [-0.05, 0) is 25.0 Å². The fraction of sp³-hybridized carbons (Fsp3) is 0.462. The minimum atomic E-state index is -0.785. The number of nitrogens with zero attached hydrogens (tertiary/aromatic N) is 1. The van der Waals surface area contributed by atoms with Gasteiger partial charge in [0.2, 0.25) is 0 Å². The minimum Gasteiger partial charge on any atom is -0.394 e. The lowest BCUT2D eigenvalue weighted by molar-refractivity contribution is 0.0148. The average Bonchev–Trinajstić information content (AvgIpc) is 2.83. The topological polar surface area (TPSA) is 60.8 Å². The molecule has 0 saturated carbocycles. The maximum atomic E-state index is 12.3. The second-order valence-corrected chi connectivity index (χ2v) is 4.47. The first-order valence-corrected chi connectivity index (χ1v) is 5.82. The van der Waals surface area contributed by atoms with Gasteiger partial charge in [0.15, 0.2) is 0 Å². The van der Waals surface area contributed by atoms with Crippen molar-refractivity contribution in [1.82, 2.24) is 4.90 Å². The van der Waals surface area contributed by atoms with Crippen LogP contribution in [0.3, 0.4) is 0 Å². The Bertz CT molecular complexity index is 387. The molecule has 1 heterocycles. The van der Waals surface area contributed by atoms with Gasteiger partial charge in [-0.1, -0.05) is 18.2 Å². The lowest BCUT2D eigenvalue weighted by Crippen LogP contribution is -2.52. The molecule has 1 aliphatic rings. The molecule has 17 heavy (non-hydrogen) atoms. The third-order valence-corrected chi connectivity index (χ3v) is 3.45. The third kappa shape index (κ3) is 2.06. The predicted molar refractivity (Wildman–Crippen MR) is 63.6 cm³/mol. The van der Waals surface area contributed by atoms with Crippen LogP contribution >= 0.6 is 0 Å². The average molecular weight is 235 g/mol. The molecule has 0 atom stereocenters. The normalized spacial score (nSPS) is 18.4. The molecule has 2 N–H and O–H groups in total. The van der Waals surface area contributed by atoms with E-state index in [1.165, 1.54) is 0 Å². The van der Waals surface area contributed by atoms with Gasteiger partial charge in [0.25, 0.3) is 5.91 Å². The van der Waals surface area contributed by atoms with Gasteiger partial charge in [-0.2, -0.15) is 0 Å². The molecule has 0 bridgehead atoms. The molecule has 1 aromatic carbocycles. The van der Waals surface area contributed by atoms with Crippen LogP contribution in [0, 0.1) is 0 Å². The first kappa shape index (κ1) is 12.1. The maximum absolute atomic E-state index is 12.3. The second kappa shape index (κ2) is 4.85. The first-order chi connectivity index (χ1) is 8.23. The van der Waals surface area contributed by atoms with Crippen molar-refractivity contribution in [3.63, 3.8) is 0 Å². The van der Waals surface area contributed by atoms with E-state index in [0.29, 0.717) is 18.5 Å². The summed E-state index contributed by atoms with van der Waals surface area (Å²) in [5, 5.41) is 18.9. The van der Waals surface area contributed by atoms with Crippen molar-refractivity contribution in [2.75, 3.05) is 19.8 Å². The molecular weight excluding hydrogens is 218 g/mol. The highest BCUT2D eigenvalue weighted by molar-refractivity contribution is 5.94. The van der Waals surface area contributed by atoms with Crippen LogP contribution in [0.5, 0.6) is 0 Å². The minimum absolute atomic E-state index is 0.119. The van der Waals surface area contributed by atoms with Crippen LogP contribution in [0.15, 0.2) is 30.3 Å². The molecular formula is C13H17NO3.